The number of nitrogens with one attached hydrogen (secondary N) is 1. The molecule has 2 heterocycles. The second-order valence-electron chi connectivity index (χ2n) is 4.61. The molecule has 0 saturated heterocycles. The van der Waals surface area contributed by atoms with E-state index in [9.17, 15) is 13.2 Å². The first-order valence-electron chi connectivity index (χ1n) is 6.36. The summed E-state index contributed by atoms with van der Waals surface area (Å²) < 4.78 is 29.7. The lowest BCUT2D eigenvalue weighted by molar-refractivity contribution is 0.601. The van der Waals surface area contributed by atoms with E-state index in [4.69, 9.17) is 5.73 Å². The largest absolute Gasteiger partial charge is 0.381 e. The quantitative estimate of drug-likeness (QED) is 0.828. The number of hydrogen-bond donors (Lipinski definition) is 2. The molecule has 8 nitrogen and oxygen atoms in total. The number of hydrogen-bond acceptors (Lipinski definition) is 5. The lowest BCUT2D eigenvalue weighted by atomic mass is 10.4. The number of aryl methyl sites for hydroxylation is 2. The molecule has 2 aromatic heterocycles. The van der Waals surface area contributed by atoms with Crippen molar-refractivity contribution in [1.29, 1.82) is 0 Å². The van der Waals surface area contributed by atoms with Gasteiger partial charge in [0.05, 0.1) is 5.69 Å². The Bertz CT molecular complexity index is 807. The molecule has 114 valence electrons. The molecular formula is C12H17N5O3S. The minimum atomic E-state index is -3.84. The van der Waals surface area contributed by atoms with E-state index in [0.717, 1.165) is 6.42 Å². The van der Waals surface area contributed by atoms with Crippen LogP contribution in [-0.4, -0.2) is 22.8 Å². The van der Waals surface area contributed by atoms with Gasteiger partial charge in [0.2, 0.25) is 0 Å². The average molecular weight is 311 g/mol. The van der Waals surface area contributed by atoms with E-state index in [1.807, 2.05) is 6.92 Å². The lowest BCUT2D eigenvalue weighted by Crippen LogP contribution is -2.20. The second-order valence-corrected chi connectivity index (χ2v) is 6.26. The summed E-state index contributed by atoms with van der Waals surface area (Å²) >= 11 is 0. The van der Waals surface area contributed by atoms with Gasteiger partial charge in [0.15, 0.2) is 5.82 Å². The molecule has 0 spiro atoms. The van der Waals surface area contributed by atoms with Gasteiger partial charge < -0.3 is 10.3 Å². The fraction of sp³-hybridized carbons (Fsp3) is 0.333. The van der Waals surface area contributed by atoms with Crippen molar-refractivity contribution in [3.8, 4) is 0 Å². The van der Waals surface area contributed by atoms with Gasteiger partial charge in [-0.3, -0.25) is 14.2 Å². The predicted octanol–water partition coefficient (Wildman–Crippen LogP) is 0.375. The molecule has 0 aliphatic carbocycles. The van der Waals surface area contributed by atoms with E-state index < -0.39 is 10.0 Å². The third-order valence-electron chi connectivity index (χ3n) is 2.81. The van der Waals surface area contributed by atoms with Crippen molar-refractivity contribution >= 4 is 21.5 Å². The number of pyridine rings is 1. The molecule has 2 aromatic rings. The zero-order valence-corrected chi connectivity index (χ0v) is 12.6. The first-order valence-corrected chi connectivity index (χ1v) is 7.84. The first kappa shape index (κ1) is 15.1. The molecule has 9 heteroatoms. The maximum absolute atomic E-state index is 12.3. The summed E-state index contributed by atoms with van der Waals surface area (Å²) in [4.78, 5) is 11.5. The van der Waals surface area contributed by atoms with Crippen LogP contribution in [0.15, 0.2) is 34.2 Å². The number of anilines is 2. The number of aromatic nitrogens is 3. The van der Waals surface area contributed by atoms with Gasteiger partial charge in [-0.05, 0) is 12.5 Å². The molecule has 0 aliphatic heterocycles. The molecule has 0 radical (unpaired) electrons. The van der Waals surface area contributed by atoms with Crippen molar-refractivity contribution in [3.63, 3.8) is 0 Å². The summed E-state index contributed by atoms with van der Waals surface area (Å²) in [5, 5.41) is 3.80. The normalized spacial score (nSPS) is 11.5. The lowest BCUT2D eigenvalue weighted by Gasteiger charge is -2.09. The van der Waals surface area contributed by atoms with E-state index in [1.165, 1.54) is 33.8 Å². The van der Waals surface area contributed by atoms with E-state index in [1.54, 1.807) is 7.05 Å². The number of sulfonamides is 1. The number of nitrogens with zero attached hydrogens (tertiary/aromatic N) is 3. The highest BCUT2D eigenvalue weighted by molar-refractivity contribution is 7.92. The van der Waals surface area contributed by atoms with Crippen LogP contribution in [0.5, 0.6) is 0 Å². The second kappa shape index (κ2) is 5.60. The topological polar surface area (TPSA) is 112 Å². The minimum Gasteiger partial charge on any atom is -0.381 e. The molecular weight excluding hydrogens is 294 g/mol. The maximum Gasteiger partial charge on any atom is 0.267 e. The Morgan fingerprint density at radius 3 is 2.62 bits per heavy atom. The minimum absolute atomic E-state index is 0.0770. The van der Waals surface area contributed by atoms with E-state index in [0.29, 0.717) is 12.2 Å². The summed E-state index contributed by atoms with van der Waals surface area (Å²) in [7, 11) is -2.26. The Kier molecular flexibility index (Phi) is 4.03. The van der Waals surface area contributed by atoms with Gasteiger partial charge in [-0.1, -0.05) is 6.92 Å². The third kappa shape index (κ3) is 3.24. The van der Waals surface area contributed by atoms with Crippen LogP contribution in [0, 0.1) is 0 Å². The van der Waals surface area contributed by atoms with Gasteiger partial charge in [-0.15, -0.1) is 0 Å². The molecule has 3 N–H and O–H groups in total. The summed E-state index contributed by atoms with van der Waals surface area (Å²) in [5.41, 5.74) is 5.69. The molecule has 2 rings (SSSR count). The molecule has 0 amide bonds. The van der Waals surface area contributed by atoms with Gasteiger partial charge in [0, 0.05) is 32.1 Å². The van der Waals surface area contributed by atoms with Crippen LogP contribution < -0.4 is 16.0 Å². The summed E-state index contributed by atoms with van der Waals surface area (Å²) in [5.74, 6) is -0.0770. The van der Waals surface area contributed by atoms with Gasteiger partial charge in [0.25, 0.3) is 15.6 Å². The van der Waals surface area contributed by atoms with Crippen molar-refractivity contribution in [1.82, 2.24) is 14.3 Å². The molecule has 0 aliphatic rings. The van der Waals surface area contributed by atoms with Gasteiger partial charge in [-0.25, -0.2) is 8.42 Å². The van der Waals surface area contributed by atoms with Crippen molar-refractivity contribution in [2.24, 2.45) is 7.05 Å². The SMILES string of the molecule is CCCn1cc(NS(=O)(=O)c2cn(C)nc2N)ccc1=O. The van der Waals surface area contributed by atoms with Crippen molar-refractivity contribution in [2.45, 2.75) is 24.8 Å². The smallest absolute Gasteiger partial charge is 0.267 e. The Labute approximate surface area is 122 Å². The van der Waals surface area contributed by atoms with Crippen LogP contribution in [0.2, 0.25) is 0 Å². The van der Waals surface area contributed by atoms with E-state index >= 15 is 0 Å². The van der Waals surface area contributed by atoms with Crippen LogP contribution in [0.3, 0.4) is 0 Å². The van der Waals surface area contributed by atoms with Crippen LogP contribution >= 0.6 is 0 Å². The van der Waals surface area contributed by atoms with Gasteiger partial charge in [0.1, 0.15) is 4.90 Å². The fourth-order valence-electron chi connectivity index (χ4n) is 1.91. The van der Waals surface area contributed by atoms with Crippen molar-refractivity contribution in [2.75, 3.05) is 10.5 Å². The Hall–Kier alpha value is -2.29. The van der Waals surface area contributed by atoms with Crippen molar-refractivity contribution < 1.29 is 8.42 Å². The van der Waals surface area contributed by atoms with E-state index in [2.05, 4.69) is 9.82 Å². The highest BCUT2D eigenvalue weighted by Crippen LogP contribution is 2.19. The predicted molar refractivity (Wildman–Crippen MR) is 79.4 cm³/mol. The zero-order chi connectivity index (χ0) is 15.6. The van der Waals surface area contributed by atoms with Crippen LogP contribution in [0.25, 0.3) is 0 Å². The molecule has 0 bridgehead atoms. The number of rotatable bonds is 5. The first-order chi connectivity index (χ1) is 9.83. The highest BCUT2D eigenvalue weighted by atomic mass is 32.2. The standard InChI is InChI=1S/C12H17N5O3S/c1-3-6-17-7-9(4-5-11(17)18)15-21(19,20)10-8-16(2)14-12(10)13/h4-5,7-8,15H,3,6H2,1-2H3,(H2,13,14). The highest BCUT2D eigenvalue weighted by Gasteiger charge is 2.20. The van der Waals surface area contributed by atoms with Crippen LogP contribution in [0.4, 0.5) is 11.5 Å². The molecule has 0 saturated carbocycles. The summed E-state index contributed by atoms with van der Waals surface area (Å²) in [6.07, 6.45) is 3.56. The zero-order valence-electron chi connectivity index (χ0n) is 11.8. The molecule has 21 heavy (non-hydrogen) atoms. The fourth-order valence-corrected chi connectivity index (χ4v) is 3.06. The Balaban J connectivity index is 2.35. The Morgan fingerprint density at radius 2 is 2.05 bits per heavy atom. The summed E-state index contributed by atoms with van der Waals surface area (Å²) in [6.45, 7) is 2.45. The van der Waals surface area contributed by atoms with Crippen molar-refractivity contribution in [3.05, 3.63) is 34.9 Å². The number of nitrogen functional groups attached to an aromatic ring is 1. The third-order valence-corrected chi connectivity index (χ3v) is 4.21. The van der Waals surface area contributed by atoms with Crippen LogP contribution in [0.1, 0.15) is 13.3 Å². The molecule has 0 unspecified atom stereocenters. The average Bonchev–Trinajstić information content (AvgIpc) is 2.73. The molecule has 0 fully saturated rings. The number of nitrogens with two attached hydrogens (primary N) is 1. The summed E-state index contributed by atoms with van der Waals surface area (Å²) in [6, 6.07) is 2.73. The Morgan fingerprint density at radius 1 is 1.33 bits per heavy atom. The maximum atomic E-state index is 12.3. The monoisotopic (exact) mass is 311 g/mol. The molecule has 0 atom stereocenters. The van der Waals surface area contributed by atoms with Crippen LogP contribution in [-0.2, 0) is 23.6 Å². The van der Waals surface area contributed by atoms with Gasteiger partial charge in [-0.2, -0.15) is 5.10 Å². The van der Waals surface area contributed by atoms with E-state index in [-0.39, 0.29) is 16.3 Å². The molecule has 0 aromatic carbocycles. The van der Waals surface area contributed by atoms with Gasteiger partial charge >= 0.3 is 0 Å².